The number of piperazine rings is 1. The van der Waals surface area contributed by atoms with Gasteiger partial charge >= 0.3 is 0 Å². The fraction of sp³-hybridized carbons (Fsp3) is 0.625. The van der Waals surface area contributed by atoms with Gasteiger partial charge in [-0.05, 0) is 31.9 Å². The number of hydrogen-bond donors (Lipinski definition) is 1. The summed E-state index contributed by atoms with van der Waals surface area (Å²) >= 11 is 0. The Bertz CT molecular complexity index is 498. The zero-order chi connectivity index (χ0) is 15.6. The molecule has 1 saturated heterocycles. The first-order chi connectivity index (χ1) is 9.95. The predicted molar refractivity (Wildman–Crippen MR) is 79.6 cm³/mol. The number of nitrogens with zero attached hydrogens (tertiary/aromatic N) is 1. The van der Waals surface area contributed by atoms with E-state index in [4.69, 9.17) is 4.42 Å². The normalized spacial score (nSPS) is 25.6. The van der Waals surface area contributed by atoms with E-state index in [1.807, 2.05) is 32.9 Å². The van der Waals surface area contributed by atoms with Crippen LogP contribution in [-0.2, 0) is 16.0 Å². The SMILES string of the molecule is CCC(C)C1NC(=O)C(C)N(C(C)Cc2ccco2)C1=O. The van der Waals surface area contributed by atoms with Gasteiger partial charge in [-0.25, -0.2) is 0 Å². The smallest absolute Gasteiger partial charge is 0.246 e. The van der Waals surface area contributed by atoms with Crippen LogP contribution in [0.2, 0.25) is 0 Å². The summed E-state index contributed by atoms with van der Waals surface area (Å²) in [6.07, 6.45) is 3.09. The lowest BCUT2D eigenvalue weighted by Crippen LogP contribution is -2.66. The van der Waals surface area contributed by atoms with E-state index in [1.54, 1.807) is 18.1 Å². The summed E-state index contributed by atoms with van der Waals surface area (Å²) in [7, 11) is 0. The fourth-order valence-electron chi connectivity index (χ4n) is 2.85. The molecule has 0 bridgehead atoms. The molecule has 0 aliphatic carbocycles. The Hall–Kier alpha value is -1.78. The molecule has 1 N–H and O–H groups in total. The van der Waals surface area contributed by atoms with Crippen LogP contribution >= 0.6 is 0 Å². The van der Waals surface area contributed by atoms with Crippen LogP contribution in [0.1, 0.15) is 39.9 Å². The van der Waals surface area contributed by atoms with Crippen molar-refractivity contribution < 1.29 is 14.0 Å². The molecule has 1 aromatic heterocycles. The Morgan fingerprint density at radius 2 is 2.10 bits per heavy atom. The van der Waals surface area contributed by atoms with Gasteiger partial charge in [0.25, 0.3) is 0 Å². The van der Waals surface area contributed by atoms with E-state index in [1.165, 1.54) is 0 Å². The van der Waals surface area contributed by atoms with Crippen LogP contribution in [0.15, 0.2) is 22.8 Å². The van der Waals surface area contributed by atoms with Gasteiger partial charge in [0.2, 0.25) is 11.8 Å². The summed E-state index contributed by atoms with van der Waals surface area (Å²) in [6, 6.07) is 2.79. The zero-order valence-corrected chi connectivity index (χ0v) is 13.1. The summed E-state index contributed by atoms with van der Waals surface area (Å²) in [5, 5.41) is 2.86. The van der Waals surface area contributed by atoms with Crippen molar-refractivity contribution in [2.24, 2.45) is 5.92 Å². The summed E-state index contributed by atoms with van der Waals surface area (Å²) in [5.41, 5.74) is 0. The van der Waals surface area contributed by atoms with E-state index in [0.29, 0.717) is 6.42 Å². The maximum absolute atomic E-state index is 12.7. The van der Waals surface area contributed by atoms with Crippen molar-refractivity contribution in [2.45, 2.75) is 58.7 Å². The minimum absolute atomic E-state index is 0.00973. The molecule has 21 heavy (non-hydrogen) atoms. The van der Waals surface area contributed by atoms with Gasteiger partial charge < -0.3 is 14.6 Å². The topological polar surface area (TPSA) is 62.6 Å². The molecule has 1 aliphatic rings. The molecule has 0 spiro atoms. The van der Waals surface area contributed by atoms with Crippen LogP contribution in [0.3, 0.4) is 0 Å². The number of nitrogens with one attached hydrogen (secondary N) is 1. The van der Waals surface area contributed by atoms with Gasteiger partial charge in [0.1, 0.15) is 17.8 Å². The van der Waals surface area contributed by atoms with Gasteiger partial charge in [-0.15, -0.1) is 0 Å². The molecule has 2 rings (SSSR count). The first kappa shape index (κ1) is 15.6. The third-order valence-electron chi connectivity index (χ3n) is 4.38. The predicted octanol–water partition coefficient (Wildman–Crippen LogP) is 1.97. The largest absolute Gasteiger partial charge is 0.469 e. The van der Waals surface area contributed by atoms with E-state index in [-0.39, 0.29) is 23.8 Å². The van der Waals surface area contributed by atoms with Crippen LogP contribution in [0.5, 0.6) is 0 Å². The van der Waals surface area contributed by atoms with Gasteiger partial charge in [-0.1, -0.05) is 20.3 Å². The van der Waals surface area contributed by atoms with Gasteiger partial charge in [0, 0.05) is 12.5 Å². The number of hydrogen-bond acceptors (Lipinski definition) is 3. The fourth-order valence-corrected chi connectivity index (χ4v) is 2.85. The average Bonchev–Trinajstić information content (AvgIpc) is 2.95. The van der Waals surface area contributed by atoms with Crippen LogP contribution in [0.4, 0.5) is 0 Å². The molecule has 2 amide bonds. The average molecular weight is 292 g/mol. The van der Waals surface area contributed by atoms with Crippen LogP contribution in [0.25, 0.3) is 0 Å². The third kappa shape index (κ3) is 3.12. The quantitative estimate of drug-likeness (QED) is 0.902. The number of carbonyl (C=O) groups is 2. The maximum atomic E-state index is 12.7. The lowest BCUT2D eigenvalue weighted by Gasteiger charge is -2.42. The molecule has 116 valence electrons. The lowest BCUT2D eigenvalue weighted by molar-refractivity contribution is -0.152. The molecular formula is C16H24N2O3. The van der Waals surface area contributed by atoms with Crippen LogP contribution in [0, 0.1) is 5.92 Å². The molecule has 4 atom stereocenters. The first-order valence-electron chi connectivity index (χ1n) is 7.60. The number of furan rings is 1. The Balaban J connectivity index is 2.17. The Labute approximate surface area is 125 Å². The van der Waals surface area contributed by atoms with Crippen LogP contribution in [-0.4, -0.2) is 34.8 Å². The highest BCUT2D eigenvalue weighted by molar-refractivity contribution is 5.97. The number of carbonyl (C=O) groups excluding carboxylic acids is 2. The van der Waals surface area contributed by atoms with E-state index in [2.05, 4.69) is 5.32 Å². The maximum Gasteiger partial charge on any atom is 0.246 e. The standard InChI is InChI=1S/C16H24N2O3/c1-5-10(2)14-16(20)18(12(4)15(19)17-14)11(3)9-13-7-6-8-21-13/h6-8,10-12,14H,5,9H2,1-4H3,(H,17,19). The Kier molecular flexibility index (Phi) is 4.70. The van der Waals surface area contributed by atoms with Gasteiger partial charge in [-0.2, -0.15) is 0 Å². The van der Waals surface area contributed by atoms with E-state index in [9.17, 15) is 9.59 Å². The Morgan fingerprint density at radius 3 is 2.67 bits per heavy atom. The van der Waals surface area contributed by atoms with Gasteiger partial charge in [0.15, 0.2) is 0 Å². The molecule has 0 saturated carbocycles. The highest BCUT2D eigenvalue weighted by Crippen LogP contribution is 2.21. The molecule has 1 aromatic rings. The summed E-state index contributed by atoms with van der Waals surface area (Å²) < 4.78 is 5.35. The first-order valence-corrected chi connectivity index (χ1v) is 7.60. The second-order valence-electron chi connectivity index (χ2n) is 5.93. The molecule has 0 radical (unpaired) electrons. The Morgan fingerprint density at radius 1 is 1.38 bits per heavy atom. The van der Waals surface area contributed by atoms with Crippen LogP contribution < -0.4 is 5.32 Å². The lowest BCUT2D eigenvalue weighted by atomic mass is 9.93. The molecule has 4 unspecified atom stereocenters. The second-order valence-corrected chi connectivity index (χ2v) is 5.93. The van der Waals surface area contributed by atoms with Crippen molar-refractivity contribution in [1.29, 1.82) is 0 Å². The van der Waals surface area contributed by atoms with Crippen molar-refractivity contribution in [2.75, 3.05) is 0 Å². The van der Waals surface area contributed by atoms with E-state index in [0.717, 1.165) is 12.2 Å². The molecule has 5 heteroatoms. The third-order valence-corrected chi connectivity index (χ3v) is 4.38. The molecule has 5 nitrogen and oxygen atoms in total. The van der Waals surface area contributed by atoms with E-state index >= 15 is 0 Å². The number of rotatable bonds is 5. The van der Waals surface area contributed by atoms with E-state index < -0.39 is 12.1 Å². The summed E-state index contributed by atoms with van der Waals surface area (Å²) in [4.78, 5) is 26.6. The molecule has 1 fully saturated rings. The van der Waals surface area contributed by atoms with Gasteiger partial charge in [0.05, 0.1) is 6.26 Å². The summed E-state index contributed by atoms with van der Waals surface area (Å²) in [6.45, 7) is 7.76. The zero-order valence-electron chi connectivity index (χ0n) is 13.1. The van der Waals surface area contributed by atoms with Gasteiger partial charge in [-0.3, -0.25) is 9.59 Å². The molecular weight excluding hydrogens is 268 g/mol. The minimum atomic E-state index is -0.442. The van der Waals surface area contributed by atoms with Crippen molar-refractivity contribution >= 4 is 11.8 Å². The monoisotopic (exact) mass is 292 g/mol. The van der Waals surface area contributed by atoms with Crippen molar-refractivity contribution in [1.82, 2.24) is 10.2 Å². The van der Waals surface area contributed by atoms with Crippen molar-refractivity contribution in [3.8, 4) is 0 Å². The summed E-state index contributed by atoms with van der Waals surface area (Å²) in [5.74, 6) is 0.891. The molecule has 2 heterocycles. The van der Waals surface area contributed by atoms with Crippen molar-refractivity contribution in [3.05, 3.63) is 24.2 Å². The number of amides is 2. The molecule has 0 aromatic carbocycles. The highest BCUT2D eigenvalue weighted by atomic mass is 16.3. The minimum Gasteiger partial charge on any atom is -0.469 e. The second kappa shape index (κ2) is 6.33. The highest BCUT2D eigenvalue weighted by Gasteiger charge is 2.42. The van der Waals surface area contributed by atoms with Crippen molar-refractivity contribution in [3.63, 3.8) is 0 Å². The molecule has 1 aliphatic heterocycles.